The van der Waals surface area contributed by atoms with Gasteiger partial charge < -0.3 is 10.6 Å². The van der Waals surface area contributed by atoms with E-state index in [1.54, 1.807) is 0 Å². The highest BCUT2D eigenvalue weighted by Gasteiger charge is 2.22. The summed E-state index contributed by atoms with van der Waals surface area (Å²) in [5.41, 5.74) is 3.53. The molecule has 0 unspecified atom stereocenters. The van der Waals surface area contributed by atoms with E-state index in [0.717, 1.165) is 24.9 Å². The Bertz CT molecular complexity index is 456. The quantitative estimate of drug-likeness (QED) is 0.874. The Morgan fingerprint density at radius 1 is 1.42 bits per heavy atom. The first-order valence-electron chi connectivity index (χ1n) is 7.15. The minimum atomic E-state index is 0.134. The highest BCUT2D eigenvalue weighted by Crippen LogP contribution is 2.13. The first kappa shape index (κ1) is 14.1. The molecule has 0 radical (unpaired) electrons. The highest BCUT2D eigenvalue weighted by atomic mass is 16.1. The van der Waals surface area contributed by atoms with Gasteiger partial charge in [-0.25, -0.2) is 0 Å². The Hall–Kier alpha value is -1.35. The lowest BCUT2D eigenvalue weighted by atomic mass is 9.98. The van der Waals surface area contributed by atoms with Gasteiger partial charge in [-0.15, -0.1) is 0 Å². The van der Waals surface area contributed by atoms with Crippen LogP contribution in [0.25, 0.3) is 0 Å². The van der Waals surface area contributed by atoms with Crippen LogP contribution in [0.15, 0.2) is 18.2 Å². The van der Waals surface area contributed by atoms with Crippen LogP contribution in [0, 0.1) is 13.8 Å². The Labute approximate surface area is 115 Å². The highest BCUT2D eigenvalue weighted by molar-refractivity contribution is 5.79. The molecule has 1 aliphatic heterocycles. The molecule has 0 saturated carbocycles. The molecule has 0 spiro atoms. The molecule has 0 bridgehead atoms. The molecule has 2 atom stereocenters. The fourth-order valence-corrected chi connectivity index (χ4v) is 2.66. The van der Waals surface area contributed by atoms with Crippen molar-refractivity contribution in [3.63, 3.8) is 0 Å². The molecule has 2 N–H and O–H groups in total. The second-order valence-electron chi connectivity index (χ2n) is 5.67. The van der Waals surface area contributed by atoms with E-state index < -0.39 is 0 Å². The number of hydrogen-bond donors (Lipinski definition) is 2. The van der Waals surface area contributed by atoms with Gasteiger partial charge in [-0.2, -0.15) is 0 Å². The van der Waals surface area contributed by atoms with E-state index >= 15 is 0 Å². The fourth-order valence-electron chi connectivity index (χ4n) is 2.66. The minimum Gasteiger partial charge on any atom is -0.352 e. The number of nitrogens with one attached hydrogen (secondary N) is 2. The number of piperidine rings is 1. The Balaban J connectivity index is 1.95. The Morgan fingerprint density at radius 2 is 2.21 bits per heavy atom. The Kier molecular flexibility index (Phi) is 4.59. The average molecular weight is 260 g/mol. The summed E-state index contributed by atoms with van der Waals surface area (Å²) in [4.78, 5) is 12.2. The lowest BCUT2D eigenvalue weighted by Crippen LogP contribution is -2.52. The molecular weight excluding hydrogens is 236 g/mol. The number of benzene rings is 1. The summed E-state index contributed by atoms with van der Waals surface area (Å²) in [5.74, 6) is 0.134. The summed E-state index contributed by atoms with van der Waals surface area (Å²) in [6.45, 7) is 7.33. The van der Waals surface area contributed by atoms with Crippen LogP contribution in [-0.2, 0) is 11.2 Å². The normalized spacial score (nSPS) is 23.1. The lowest BCUT2D eigenvalue weighted by molar-refractivity contribution is -0.121. The fraction of sp³-hybridized carbons (Fsp3) is 0.562. The van der Waals surface area contributed by atoms with Crippen molar-refractivity contribution >= 4 is 5.91 Å². The monoisotopic (exact) mass is 260 g/mol. The third kappa shape index (κ3) is 3.80. The molecule has 1 saturated heterocycles. The third-order valence-electron chi connectivity index (χ3n) is 3.96. The first-order valence-corrected chi connectivity index (χ1v) is 7.15. The van der Waals surface area contributed by atoms with Gasteiger partial charge in [0.15, 0.2) is 0 Å². The van der Waals surface area contributed by atoms with Crippen LogP contribution in [-0.4, -0.2) is 24.5 Å². The number of amides is 1. The van der Waals surface area contributed by atoms with E-state index in [1.165, 1.54) is 11.1 Å². The molecule has 1 fully saturated rings. The number of hydrogen-bond acceptors (Lipinski definition) is 2. The molecule has 1 aromatic carbocycles. The first-order chi connectivity index (χ1) is 9.06. The van der Waals surface area contributed by atoms with Gasteiger partial charge >= 0.3 is 0 Å². The van der Waals surface area contributed by atoms with Crippen molar-refractivity contribution in [1.29, 1.82) is 0 Å². The van der Waals surface area contributed by atoms with Crippen LogP contribution in [0.4, 0.5) is 0 Å². The van der Waals surface area contributed by atoms with Gasteiger partial charge in [-0.3, -0.25) is 4.79 Å². The standard InChI is InChI=1S/C16H24N2O/c1-11-6-7-12(2)14(9-11)10-16(19)18-15-5-4-8-17-13(15)3/h6-7,9,13,15,17H,4-5,8,10H2,1-3H3,(H,18,19)/t13-,15+/m0/s1. The van der Waals surface area contributed by atoms with Crippen molar-refractivity contribution < 1.29 is 4.79 Å². The van der Waals surface area contributed by atoms with Gasteiger partial charge in [0.1, 0.15) is 0 Å². The largest absolute Gasteiger partial charge is 0.352 e. The van der Waals surface area contributed by atoms with E-state index in [-0.39, 0.29) is 11.9 Å². The second-order valence-corrected chi connectivity index (χ2v) is 5.67. The number of carbonyl (C=O) groups excluding carboxylic acids is 1. The molecule has 1 amide bonds. The van der Waals surface area contributed by atoms with E-state index in [0.29, 0.717) is 12.5 Å². The molecular formula is C16H24N2O. The maximum atomic E-state index is 12.2. The maximum Gasteiger partial charge on any atom is 0.224 e. The van der Waals surface area contributed by atoms with E-state index in [2.05, 4.69) is 49.6 Å². The Morgan fingerprint density at radius 3 is 2.95 bits per heavy atom. The molecule has 3 nitrogen and oxygen atoms in total. The summed E-state index contributed by atoms with van der Waals surface area (Å²) >= 11 is 0. The van der Waals surface area contributed by atoms with Crippen LogP contribution in [0.2, 0.25) is 0 Å². The van der Waals surface area contributed by atoms with Crippen LogP contribution in [0.5, 0.6) is 0 Å². The van der Waals surface area contributed by atoms with Crippen molar-refractivity contribution in [2.24, 2.45) is 0 Å². The van der Waals surface area contributed by atoms with Crippen molar-refractivity contribution in [3.8, 4) is 0 Å². The van der Waals surface area contributed by atoms with Gasteiger partial charge in [0.25, 0.3) is 0 Å². The van der Waals surface area contributed by atoms with Gasteiger partial charge in [0.05, 0.1) is 6.42 Å². The summed E-state index contributed by atoms with van der Waals surface area (Å²) in [5, 5.41) is 6.57. The van der Waals surface area contributed by atoms with Gasteiger partial charge in [-0.1, -0.05) is 23.8 Å². The molecule has 1 aliphatic rings. The summed E-state index contributed by atoms with van der Waals surface area (Å²) in [6.07, 6.45) is 2.70. The van der Waals surface area contributed by atoms with Crippen molar-refractivity contribution in [3.05, 3.63) is 34.9 Å². The zero-order valence-electron chi connectivity index (χ0n) is 12.1. The molecule has 1 heterocycles. The van der Waals surface area contributed by atoms with E-state index in [9.17, 15) is 4.79 Å². The lowest BCUT2D eigenvalue weighted by Gasteiger charge is -2.30. The smallest absolute Gasteiger partial charge is 0.224 e. The zero-order chi connectivity index (χ0) is 13.8. The maximum absolute atomic E-state index is 12.2. The number of carbonyl (C=O) groups is 1. The number of rotatable bonds is 3. The topological polar surface area (TPSA) is 41.1 Å². The minimum absolute atomic E-state index is 0.134. The SMILES string of the molecule is Cc1ccc(C)c(CC(=O)N[C@@H]2CCCN[C@H]2C)c1. The van der Waals surface area contributed by atoms with Gasteiger partial charge in [0.2, 0.25) is 5.91 Å². The van der Waals surface area contributed by atoms with Crippen molar-refractivity contribution in [2.75, 3.05) is 6.54 Å². The van der Waals surface area contributed by atoms with E-state index in [4.69, 9.17) is 0 Å². The molecule has 3 heteroatoms. The van der Waals surface area contributed by atoms with Crippen LogP contribution >= 0.6 is 0 Å². The van der Waals surface area contributed by atoms with Gasteiger partial charge in [0, 0.05) is 12.1 Å². The van der Waals surface area contributed by atoms with Crippen LogP contribution in [0.3, 0.4) is 0 Å². The predicted octanol–water partition coefficient (Wildman–Crippen LogP) is 2.10. The molecule has 0 aliphatic carbocycles. The second kappa shape index (κ2) is 6.20. The van der Waals surface area contributed by atoms with Gasteiger partial charge in [-0.05, 0) is 51.3 Å². The number of aryl methyl sites for hydroxylation is 2. The molecule has 0 aromatic heterocycles. The average Bonchev–Trinajstić information content (AvgIpc) is 2.37. The zero-order valence-corrected chi connectivity index (χ0v) is 12.1. The molecule has 19 heavy (non-hydrogen) atoms. The van der Waals surface area contributed by atoms with Crippen LogP contribution in [0.1, 0.15) is 36.5 Å². The molecule has 104 valence electrons. The third-order valence-corrected chi connectivity index (χ3v) is 3.96. The van der Waals surface area contributed by atoms with Crippen molar-refractivity contribution in [2.45, 2.75) is 52.1 Å². The summed E-state index contributed by atoms with van der Waals surface area (Å²) in [7, 11) is 0. The van der Waals surface area contributed by atoms with Crippen molar-refractivity contribution in [1.82, 2.24) is 10.6 Å². The van der Waals surface area contributed by atoms with Crippen LogP contribution < -0.4 is 10.6 Å². The molecule has 2 rings (SSSR count). The summed E-state index contributed by atoms with van der Waals surface area (Å²) in [6, 6.07) is 6.92. The molecule has 1 aromatic rings. The predicted molar refractivity (Wildman–Crippen MR) is 78.2 cm³/mol. The van der Waals surface area contributed by atoms with E-state index in [1.807, 2.05) is 0 Å². The summed E-state index contributed by atoms with van der Waals surface area (Å²) < 4.78 is 0.